The molecule has 1 aliphatic rings. The van der Waals surface area contributed by atoms with Gasteiger partial charge in [0.2, 0.25) is 6.57 Å². The van der Waals surface area contributed by atoms with Gasteiger partial charge in [0, 0.05) is 0 Å². The smallest absolute Gasteiger partial charge is 0.203 e. The summed E-state index contributed by atoms with van der Waals surface area (Å²) in [6, 6.07) is 0.127. The zero-order valence-corrected chi connectivity index (χ0v) is 9.94. The lowest BCUT2D eigenvalue weighted by molar-refractivity contribution is 0.209. The molecule has 0 aromatic carbocycles. The summed E-state index contributed by atoms with van der Waals surface area (Å²) in [5.41, 5.74) is 0. The first-order valence-electron chi connectivity index (χ1n) is 4.14. The number of terminal acetylenes is 1. The van der Waals surface area contributed by atoms with Crippen molar-refractivity contribution in [3.05, 3.63) is 0 Å². The van der Waals surface area contributed by atoms with Crippen molar-refractivity contribution < 1.29 is 4.52 Å². The van der Waals surface area contributed by atoms with Gasteiger partial charge in [-0.3, -0.25) is 0 Å². The highest BCUT2D eigenvalue weighted by molar-refractivity contribution is 8.09. The van der Waals surface area contributed by atoms with Crippen molar-refractivity contribution in [2.24, 2.45) is 0 Å². The van der Waals surface area contributed by atoms with Crippen LogP contribution >= 0.6 is 6.57 Å². The van der Waals surface area contributed by atoms with Crippen LogP contribution in [0.4, 0.5) is 0 Å². The number of rotatable bonds is 1. The molecule has 2 atom stereocenters. The molecule has 1 aliphatic heterocycles. The van der Waals surface area contributed by atoms with Crippen LogP contribution in [-0.4, -0.2) is 43.1 Å². The monoisotopic (exact) mass is 218 g/mol. The topological polar surface area (TPSA) is 15.7 Å². The molecular formula is C8H15N2OPS. The average Bonchev–Trinajstić information content (AvgIpc) is 2.09. The molecule has 0 N–H and O–H groups in total. The van der Waals surface area contributed by atoms with Crippen LogP contribution in [0, 0.1) is 12.3 Å². The van der Waals surface area contributed by atoms with Gasteiger partial charge in [-0.1, -0.05) is 5.92 Å². The normalized spacial score (nSPS) is 36.1. The highest BCUT2D eigenvalue weighted by Gasteiger charge is 2.35. The molecule has 0 bridgehead atoms. The van der Waals surface area contributed by atoms with E-state index in [4.69, 9.17) is 22.8 Å². The van der Waals surface area contributed by atoms with Crippen molar-refractivity contribution in [1.82, 2.24) is 9.34 Å². The Bertz CT molecular complexity index is 274. The quantitative estimate of drug-likeness (QED) is 0.484. The fourth-order valence-corrected chi connectivity index (χ4v) is 3.75. The van der Waals surface area contributed by atoms with E-state index in [-0.39, 0.29) is 6.04 Å². The van der Waals surface area contributed by atoms with Crippen molar-refractivity contribution in [1.29, 1.82) is 0 Å². The second-order valence-electron chi connectivity index (χ2n) is 3.22. The van der Waals surface area contributed by atoms with Crippen molar-refractivity contribution >= 4 is 18.4 Å². The lowest BCUT2D eigenvalue weighted by atomic mass is 10.2. The Morgan fingerprint density at radius 1 is 1.69 bits per heavy atom. The molecule has 74 valence electrons. The molecule has 0 radical (unpaired) electrons. The first-order valence-corrected chi connectivity index (χ1v) is 6.77. The average molecular weight is 218 g/mol. The Balaban J connectivity index is 2.89. The Kier molecular flexibility index (Phi) is 3.50. The number of nitrogens with zero attached hydrogens (tertiary/aromatic N) is 2. The zero-order chi connectivity index (χ0) is 10.1. The summed E-state index contributed by atoms with van der Waals surface area (Å²) in [6.07, 6.45) is 6.29. The maximum absolute atomic E-state index is 5.65. The molecular weight excluding hydrogens is 203 g/mol. The molecule has 2 unspecified atom stereocenters. The molecule has 0 spiro atoms. The van der Waals surface area contributed by atoms with Crippen LogP contribution in [0.15, 0.2) is 0 Å². The Hall–Kier alpha value is 0.0900. The maximum Gasteiger partial charge on any atom is 0.203 e. The van der Waals surface area contributed by atoms with Crippen LogP contribution in [-0.2, 0) is 16.3 Å². The second-order valence-corrected chi connectivity index (χ2v) is 7.31. The van der Waals surface area contributed by atoms with Gasteiger partial charge >= 0.3 is 0 Å². The first kappa shape index (κ1) is 11.2. The summed E-state index contributed by atoms with van der Waals surface area (Å²) in [5.74, 6) is 2.74. The van der Waals surface area contributed by atoms with Crippen LogP contribution in [0.3, 0.4) is 0 Å². The summed E-state index contributed by atoms with van der Waals surface area (Å²) >= 11 is 5.49. The Morgan fingerprint density at radius 2 is 2.31 bits per heavy atom. The van der Waals surface area contributed by atoms with E-state index in [9.17, 15) is 0 Å². The van der Waals surface area contributed by atoms with Gasteiger partial charge in [0.05, 0.1) is 12.6 Å². The zero-order valence-electron chi connectivity index (χ0n) is 8.23. The second kappa shape index (κ2) is 4.08. The minimum absolute atomic E-state index is 0.127. The van der Waals surface area contributed by atoms with Crippen LogP contribution in [0.1, 0.15) is 6.42 Å². The molecule has 5 heteroatoms. The third kappa shape index (κ3) is 1.96. The fraction of sp³-hybridized carbons (Fsp3) is 0.750. The molecule has 1 heterocycles. The van der Waals surface area contributed by atoms with E-state index >= 15 is 0 Å². The van der Waals surface area contributed by atoms with Crippen LogP contribution in [0.5, 0.6) is 0 Å². The number of hydrogen-bond donors (Lipinski definition) is 0. The lowest BCUT2D eigenvalue weighted by Crippen LogP contribution is -2.38. The van der Waals surface area contributed by atoms with E-state index < -0.39 is 6.57 Å². The highest BCUT2D eigenvalue weighted by Crippen LogP contribution is 2.55. The molecule has 13 heavy (non-hydrogen) atoms. The van der Waals surface area contributed by atoms with Crippen molar-refractivity contribution in [3.63, 3.8) is 0 Å². The molecule has 0 aliphatic carbocycles. The molecule has 1 rings (SSSR count). The fourth-order valence-electron chi connectivity index (χ4n) is 1.33. The molecule has 0 aromatic heterocycles. The van der Waals surface area contributed by atoms with Gasteiger partial charge in [-0.05, 0) is 39.4 Å². The third-order valence-electron chi connectivity index (χ3n) is 2.20. The van der Waals surface area contributed by atoms with E-state index in [1.165, 1.54) is 0 Å². The SMILES string of the molecule is C#CC1CCOP(=S)(N(C)C)N1C. The number of hydrogen-bond acceptors (Lipinski definition) is 2. The molecule has 0 amide bonds. The van der Waals surface area contributed by atoms with Crippen LogP contribution in [0.2, 0.25) is 0 Å². The summed E-state index contributed by atoms with van der Waals surface area (Å²) in [7, 11) is 5.83. The van der Waals surface area contributed by atoms with E-state index in [0.717, 1.165) is 6.42 Å². The van der Waals surface area contributed by atoms with Crippen LogP contribution in [0.25, 0.3) is 0 Å². The van der Waals surface area contributed by atoms with Crippen LogP contribution < -0.4 is 0 Å². The molecule has 3 nitrogen and oxygen atoms in total. The first-order chi connectivity index (χ1) is 6.02. The standard InChI is InChI=1S/C8H15N2OPS/c1-5-8-6-7-11-12(13,9(2)3)10(8)4/h1,8H,6-7H2,2-4H3. The van der Waals surface area contributed by atoms with E-state index in [0.29, 0.717) is 6.61 Å². The minimum Gasteiger partial charge on any atom is -0.327 e. The lowest BCUT2D eigenvalue weighted by Gasteiger charge is -2.42. The van der Waals surface area contributed by atoms with Crippen molar-refractivity contribution in [2.45, 2.75) is 12.5 Å². The summed E-state index contributed by atoms with van der Waals surface area (Å²) in [5, 5.41) is 0. The molecule has 0 aromatic rings. The van der Waals surface area contributed by atoms with Crippen molar-refractivity contribution in [2.75, 3.05) is 27.7 Å². The highest BCUT2D eigenvalue weighted by atomic mass is 32.5. The van der Waals surface area contributed by atoms with Gasteiger partial charge in [0.15, 0.2) is 0 Å². The van der Waals surface area contributed by atoms with Gasteiger partial charge in [-0.2, -0.15) is 0 Å². The van der Waals surface area contributed by atoms with E-state index in [1.807, 2.05) is 30.5 Å². The summed E-state index contributed by atoms with van der Waals surface area (Å²) in [4.78, 5) is 0. The van der Waals surface area contributed by atoms with Gasteiger partial charge in [-0.15, -0.1) is 6.42 Å². The Morgan fingerprint density at radius 3 is 2.77 bits per heavy atom. The third-order valence-corrected chi connectivity index (χ3v) is 6.87. The van der Waals surface area contributed by atoms with Gasteiger partial charge in [-0.25, -0.2) is 9.34 Å². The minimum atomic E-state index is -1.99. The predicted molar refractivity (Wildman–Crippen MR) is 58.9 cm³/mol. The summed E-state index contributed by atoms with van der Waals surface area (Å²) < 4.78 is 9.64. The molecule has 0 saturated carbocycles. The summed E-state index contributed by atoms with van der Waals surface area (Å²) in [6.45, 7) is -1.32. The van der Waals surface area contributed by atoms with Crippen molar-refractivity contribution in [3.8, 4) is 12.3 Å². The molecule has 1 saturated heterocycles. The van der Waals surface area contributed by atoms with E-state index in [1.54, 1.807) is 0 Å². The molecule has 1 fully saturated rings. The van der Waals surface area contributed by atoms with Gasteiger partial charge in [0.1, 0.15) is 0 Å². The van der Waals surface area contributed by atoms with Gasteiger partial charge < -0.3 is 4.52 Å². The van der Waals surface area contributed by atoms with E-state index in [2.05, 4.69) is 5.92 Å². The Labute approximate surface area is 85.2 Å². The largest absolute Gasteiger partial charge is 0.327 e. The maximum atomic E-state index is 5.65. The predicted octanol–water partition coefficient (Wildman–Crippen LogP) is 1.13. The van der Waals surface area contributed by atoms with Gasteiger partial charge in [0.25, 0.3) is 0 Å².